The van der Waals surface area contributed by atoms with Crippen molar-refractivity contribution in [1.29, 1.82) is 0 Å². The molecule has 0 aliphatic rings. The Balaban J connectivity index is 1.86. The summed E-state index contributed by atoms with van der Waals surface area (Å²) in [5.41, 5.74) is 8.11. The fourth-order valence-electron chi connectivity index (χ4n) is 2.73. The molecule has 28 heavy (non-hydrogen) atoms. The molecule has 2 heterocycles. The van der Waals surface area contributed by atoms with Crippen LogP contribution < -0.4 is 16.2 Å². The number of methoxy groups -OCH3 is 1. The Morgan fingerprint density at radius 2 is 1.93 bits per heavy atom. The number of H-pyrrole nitrogens is 1. The Hall–Kier alpha value is -3.36. The summed E-state index contributed by atoms with van der Waals surface area (Å²) < 4.78 is 11.7. The van der Waals surface area contributed by atoms with Crippen molar-refractivity contribution in [3.05, 3.63) is 45.9 Å². The molecule has 0 aliphatic heterocycles. The summed E-state index contributed by atoms with van der Waals surface area (Å²) in [6.07, 6.45) is 2.06. The van der Waals surface area contributed by atoms with Gasteiger partial charge in [-0.2, -0.15) is 9.97 Å². The van der Waals surface area contributed by atoms with Crippen molar-refractivity contribution in [2.75, 3.05) is 19.5 Å². The Morgan fingerprint density at radius 1 is 1.21 bits per heavy atom. The molecule has 0 atom stereocenters. The highest BCUT2D eigenvalue weighted by Gasteiger charge is 2.15. The minimum absolute atomic E-state index is 0.152. The first kappa shape index (κ1) is 19.4. The number of imidazole rings is 1. The molecule has 9 nitrogen and oxygen atoms in total. The lowest BCUT2D eigenvalue weighted by atomic mass is 10.1. The van der Waals surface area contributed by atoms with Crippen molar-refractivity contribution in [1.82, 2.24) is 19.5 Å². The predicted octanol–water partition coefficient (Wildman–Crippen LogP) is 1.64. The number of ether oxygens (including phenoxy) is 2. The van der Waals surface area contributed by atoms with E-state index in [-0.39, 0.29) is 29.9 Å². The van der Waals surface area contributed by atoms with Crippen LogP contribution in [0.5, 0.6) is 6.01 Å². The maximum Gasteiger partial charge on any atom is 0.328 e. The average molecular weight is 385 g/mol. The van der Waals surface area contributed by atoms with E-state index in [0.717, 1.165) is 24.0 Å². The SMILES string of the molecule is CCCCOc1nc(N)c2[nH]c(=O)n(Cc3ccc(CC(=O)OC)cc3)c2n1. The van der Waals surface area contributed by atoms with Crippen LogP contribution in [0.3, 0.4) is 0 Å². The molecule has 3 N–H and O–H groups in total. The van der Waals surface area contributed by atoms with Gasteiger partial charge >= 0.3 is 17.7 Å². The van der Waals surface area contributed by atoms with E-state index in [9.17, 15) is 9.59 Å². The highest BCUT2D eigenvalue weighted by atomic mass is 16.5. The molecule has 0 aliphatic carbocycles. The Kier molecular flexibility index (Phi) is 5.93. The molecule has 0 spiro atoms. The monoisotopic (exact) mass is 385 g/mol. The molecule has 2 aromatic heterocycles. The first-order valence-corrected chi connectivity index (χ1v) is 9.05. The van der Waals surface area contributed by atoms with Crippen molar-refractivity contribution in [2.24, 2.45) is 0 Å². The standard InChI is InChI=1S/C19H23N5O4/c1-3-4-9-28-18-22-16(20)15-17(23-18)24(19(26)21-15)11-13-7-5-12(6-8-13)10-14(25)27-2/h5-8H,3-4,9-11H2,1-2H3,(H,21,26)(H2,20,22,23). The van der Waals surface area contributed by atoms with Gasteiger partial charge in [-0.1, -0.05) is 37.6 Å². The topological polar surface area (TPSA) is 125 Å². The van der Waals surface area contributed by atoms with Gasteiger partial charge in [0, 0.05) is 0 Å². The number of nitrogens with one attached hydrogen (secondary N) is 1. The van der Waals surface area contributed by atoms with Gasteiger partial charge in [0.2, 0.25) is 0 Å². The molecule has 0 unspecified atom stereocenters. The van der Waals surface area contributed by atoms with E-state index in [1.165, 1.54) is 11.7 Å². The molecule has 0 amide bonds. The summed E-state index contributed by atoms with van der Waals surface area (Å²) in [5, 5.41) is 0. The molecule has 0 saturated carbocycles. The fourth-order valence-corrected chi connectivity index (χ4v) is 2.73. The number of benzene rings is 1. The number of nitrogens with two attached hydrogens (primary N) is 1. The lowest BCUT2D eigenvalue weighted by Crippen LogP contribution is -2.18. The molecule has 1 aromatic carbocycles. The molecule has 3 aromatic rings. The molecule has 0 radical (unpaired) electrons. The van der Waals surface area contributed by atoms with Crippen LogP contribution in [0, 0.1) is 0 Å². The molecule has 3 rings (SSSR count). The van der Waals surface area contributed by atoms with Crippen LogP contribution >= 0.6 is 0 Å². The van der Waals surface area contributed by atoms with Crippen LogP contribution in [0.15, 0.2) is 29.1 Å². The summed E-state index contributed by atoms with van der Waals surface area (Å²) in [6.45, 7) is 2.84. The van der Waals surface area contributed by atoms with Crippen LogP contribution in [-0.2, 0) is 22.5 Å². The van der Waals surface area contributed by atoms with Gasteiger partial charge in [-0.05, 0) is 17.5 Å². The molecule has 148 valence electrons. The quantitative estimate of drug-likeness (QED) is 0.446. The minimum atomic E-state index is -0.333. The van der Waals surface area contributed by atoms with Gasteiger partial charge in [0.05, 0.1) is 26.7 Å². The maximum absolute atomic E-state index is 12.4. The Bertz CT molecular complexity index is 1020. The number of unbranched alkanes of at least 4 members (excludes halogenated alkanes) is 1. The molecule has 0 bridgehead atoms. The molecular weight excluding hydrogens is 362 g/mol. The number of hydrogen-bond acceptors (Lipinski definition) is 7. The first-order chi connectivity index (χ1) is 13.5. The largest absolute Gasteiger partial charge is 0.469 e. The molecule has 0 saturated heterocycles. The second-order valence-corrected chi connectivity index (χ2v) is 6.38. The van der Waals surface area contributed by atoms with E-state index < -0.39 is 0 Å². The number of nitrogen functional groups attached to an aromatic ring is 1. The highest BCUT2D eigenvalue weighted by molar-refractivity contribution is 5.82. The summed E-state index contributed by atoms with van der Waals surface area (Å²) in [5.74, 6) is -0.135. The van der Waals surface area contributed by atoms with E-state index in [0.29, 0.717) is 24.3 Å². The van der Waals surface area contributed by atoms with Gasteiger partial charge in [0.15, 0.2) is 11.5 Å². The van der Waals surface area contributed by atoms with Crippen LogP contribution in [-0.4, -0.2) is 39.2 Å². The third kappa shape index (κ3) is 4.30. The third-order valence-corrected chi connectivity index (χ3v) is 4.30. The van der Waals surface area contributed by atoms with Crippen molar-refractivity contribution < 1.29 is 14.3 Å². The van der Waals surface area contributed by atoms with Crippen molar-refractivity contribution in [3.63, 3.8) is 0 Å². The zero-order valence-corrected chi connectivity index (χ0v) is 15.9. The summed E-state index contributed by atoms with van der Waals surface area (Å²) in [7, 11) is 1.36. The molecule has 9 heteroatoms. The van der Waals surface area contributed by atoms with Gasteiger partial charge in [0.1, 0.15) is 5.52 Å². The minimum Gasteiger partial charge on any atom is -0.469 e. The normalized spacial score (nSPS) is 10.9. The maximum atomic E-state index is 12.4. The summed E-state index contributed by atoms with van der Waals surface area (Å²) in [4.78, 5) is 34.9. The van der Waals surface area contributed by atoms with Crippen LogP contribution in [0.2, 0.25) is 0 Å². The van der Waals surface area contributed by atoms with E-state index in [1.54, 1.807) is 0 Å². The number of esters is 1. The predicted molar refractivity (Wildman–Crippen MR) is 104 cm³/mol. The number of rotatable bonds is 8. The van der Waals surface area contributed by atoms with E-state index >= 15 is 0 Å². The zero-order chi connectivity index (χ0) is 20.1. The number of hydrogen-bond donors (Lipinski definition) is 2. The first-order valence-electron chi connectivity index (χ1n) is 9.05. The van der Waals surface area contributed by atoms with Crippen LogP contribution in [0.4, 0.5) is 5.82 Å². The lowest BCUT2D eigenvalue weighted by Gasteiger charge is -2.07. The van der Waals surface area contributed by atoms with Crippen molar-refractivity contribution in [3.8, 4) is 6.01 Å². The number of carbonyl (C=O) groups excluding carboxylic acids is 1. The summed E-state index contributed by atoms with van der Waals surface area (Å²) in [6, 6.07) is 7.52. The van der Waals surface area contributed by atoms with Crippen molar-refractivity contribution >= 4 is 23.0 Å². The van der Waals surface area contributed by atoms with E-state index in [2.05, 4.69) is 26.6 Å². The van der Waals surface area contributed by atoms with E-state index in [4.69, 9.17) is 10.5 Å². The molecular formula is C19H23N5O4. The van der Waals surface area contributed by atoms with Gasteiger partial charge < -0.3 is 20.2 Å². The van der Waals surface area contributed by atoms with Gasteiger partial charge in [-0.25, -0.2) is 4.79 Å². The number of anilines is 1. The summed E-state index contributed by atoms with van der Waals surface area (Å²) >= 11 is 0. The zero-order valence-electron chi connectivity index (χ0n) is 15.9. The van der Waals surface area contributed by atoms with Crippen molar-refractivity contribution in [2.45, 2.75) is 32.7 Å². The number of nitrogens with zero attached hydrogens (tertiary/aromatic N) is 3. The van der Waals surface area contributed by atoms with Crippen LogP contribution in [0.1, 0.15) is 30.9 Å². The smallest absolute Gasteiger partial charge is 0.328 e. The lowest BCUT2D eigenvalue weighted by molar-refractivity contribution is -0.139. The number of fused-ring (bicyclic) bond motifs is 1. The second kappa shape index (κ2) is 8.55. The number of carbonyl (C=O) groups is 1. The van der Waals surface area contributed by atoms with Crippen LogP contribution in [0.25, 0.3) is 11.2 Å². The van der Waals surface area contributed by atoms with E-state index in [1.807, 2.05) is 24.3 Å². The average Bonchev–Trinajstić information content (AvgIpc) is 3.00. The van der Waals surface area contributed by atoms with Gasteiger partial charge in [0.25, 0.3) is 0 Å². The number of aromatic amines is 1. The Labute approximate surface area is 161 Å². The Morgan fingerprint density at radius 3 is 2.61 bits per heavy atom. The highest BCUT2D eigenvalue weighted by Crippen LogP contribution is 2.19. The third-order valence-electron chi connectivity index (χ3n) is 4.30. The number of aromatic nitrogens is 4. The molecule has 0 fully saturated rings. The fraction of sp³-hybridized carbons (Fsp3) is 0.368. The van der Waals surface area contributed by atoms with Gasteiger partial charge in [-0.15, -0.1) is 0 Å². The second-order valence-electron chi connectivity index (χ2n) is 6.38. The van der Waals surface area contributed by atoms with Gasteiger partial charge in [-0.3, -0.25) is 9.36 Å².